The maximum atomic E-state index is 14.6. The summed E-state index contributed by atoms with van der Waals surface area (Å²) in [4.78, 5) is 61.1. The molecule has 2 aromatic rings. The Hall–Kier alpha value is -3.75. The Bertz CT molecular complexity index is 1760. The molecule has 2 N–H and O–H groups in total. The first kappa shape index (κ1) is 39.0. The van der Waals surface area contributed by atoms with E-state index in [0.717, 1.165) is 18.6 Å². The second kappa shape index (κ2) is 15.5. The van der Waals surface area contributed by atoms with E-state index in [1.807, 2.05) is 33.8 Å². The van der Waals surface area contributed by atoms with Crippen LogP contribution < -0.4 is 20.1 Å². The quantitative estimate of drug-likeness (QED) is 0.108. The summed E-state index contributed by atoms with van der Waals surface area (Å²) >= 11 is 8.28. The lowest BCUT2D eigenvalue weighted by molar-refractivity contribution is -0.148. The van der Waals surface area contributed by atoms with Crippen molar-refractivity contribution in [3.05, 3.63) is 35.9 Å². The largest absolute Gasteiger partial charge is 0.488 e. The number of nitrogens with one attached hydrogen (secondary N) is 2. The van der Waals surface area contributed by atoms with Crippen LogP contribution in [0.25, 0.3) is 10.9 Å². The molecule has 4 aliphatic rings. The van der Waals surface area contributed by atoms with E-state index in [4.69, 9.17) is 40.3 Å². The summed E-state index contributed by atoms with van der Waals surface area (Å²) in [6, 6.07) is 3.24. The maximum absolute atomic E-state index is 14.6. The molecule has 3 aliphatic carbocycles. The van der Waals surface area contributed by atoms with E-state index in [1.54, 1.807) is 18.2 Å². The zero-order valence-corrected chi connectivity index (χ0v) is 32.6. The number of esters is 1. The van der Waals surface area contributed by atoms with Crippen LogP contribution in [-0.2, 0) is 28.6 Å². The molecular formula is C38H49ClN4O9S. The van der Waals surface area contributed by atoms with Gasteiger partial charge in [0.2, 0.25) is 11.8 Å². The lowest BCUT2D eigenvalue weighted by atomic mass is 9.85. The number of rotatable bonds is 14. The van der Waals surface area contributed by atoms with E-state index in [1.165, 1.54) is 37.3 Å². The van der Waals surface area contributed by atoms with E-state index in [-0.39, 0.29) is 31.8 Å². The van der Waals surface area contributed by atoms with Crippen molar-refractivity contribution in [2.75, 3.05) is 33.3 Å². The number of fused-ring (bicyclic) bond motifs is 2. The Labute approximate surface area is 319 Å². The van der Waals surface area contributed by atoms with E-state index in [9.17, 15) is 19.2 Å². The van der Waals surface area contributed by atoms with Crippen molar-refractivity contribution in [2.45, 2.75) is 94.7 Å². The minimum Gasteiger partial charge on any atom is -0.488 e. The number of halogens is 1. The van der Waals surface area contributed by atoms with Gasteiger partial charge in [-0.05, 0) is 60.8 Å². The van der Waals surface area contributed by atoms with Gasteiger partial charge in [-0.25, -0.2) is 14.6 Å². The molecule has 3 saturated carbocycles. The molecule has 1 aromatic heterocycles. The highest BCUT2D eigenvalue weighted by molar-refractivity contribution is 7.99. The van der Waals surface area contributed by atoms with E-state index in [2.05, 4.69) is 17.2 Å². The van der Waals surface area contributed by atoms with E-state index >= 15 is 0 Å². The number of carbonyl (C=O) groups excluding carboxylic acids is 4. The van der Waals surface area contributed by atoms with Gasteiger partial charge in [-0.3, -0.25) is 9.59 Å². The number of likely N-dealkylation sites (tertiary alicyclic amines) is 1. The second-order valence-electron chi connectivity index (χ2n) is 15.4. The highest BCUT2D eigenvalue weighted by atomic mass is 35.5. The van der Waals surface area contributed by atoms with E-state index in [0.29, 0.717) is 50.7 Å². The summed E-state index contributed by atoms with van der Waals surface area (Å²) in [6.07, 6.45) is 3.39. The first-order valence-corrected chi connectivity index (χ1v) is 19.4. The minimum absolute atomic E-state index is 0.00182. The van der Waals surface area contributed by atoms with Gasteiger partial charge in [-0.2, -0.15) is 0 Å². The van der Waals surface area contributed by atoms with Crippen molar-refractivity contribution < 1.29 is 42.9 Å². The Balaban J connectivity index is 1.29. The van der Waals surface area contributed by atoms with Crippen LogP contribution in [0.1, 0.15) is 59.8 Å². The number of hydrogen-bond acceptors (Lipinski definition) is 11. The molecule has 3 amide bonds. The molecule has 15 heteroatoms. The van der Waals surface area contributed by atoms with Crippen molar-refractivity contribution in [2.24, 2.45) is 23.2 Å². The van der Waals surface area contributed by atoms with Crippen molar-refractivity contribution >= 4 is 58.1 Å². The van der Waals surface area contributed by atoms with Gasteiger partial charge in [0.1, 0.15) is 51.4 Å². The Morgan fingerprint density at radius 2 is 1.85 bits per heavy atom. The summed E-state index contributed by atoms with van der Waals surface area (Å²) in [7, 11) is 2.78. The van der Waals surface area contributed by atoms with Gasteiger partial charge >= 0.3 is 12.1 Å². The third-order valence-corrected chi connectivity index (χ3v) is 11.8. The summed E-state index contributed by atoms with van der Waals surface area (Å²) in [5.41, 5.74) is -1.56. The van der Waals surface area contributed by atoms with Crippen LogP contribution >= 0.6 is 23.4 Å². The summed E-state index contributed by atoms with van der Waals surface area (Å²) in [6.45, 7) is 11.4. The molecule has 0 spiro atoms. The zero-order valence-electron chi connectivity index (χ0n) is 31.1. The van der Waals surface area contributed by atoms with Gasteiger partial charge in [0.05, 0.1) is 19.2 Å². The van der Waals surface area contributed by atoms with Crippen LogP contribution in [0.5, 0.6) is 11.5 Å². The number of alkyl carbamates (subject to hydrolysis) is 1. The molecule has 1 saturated heterocycles. The van der Waals surface area contributed by atoms with Gasteiger partial charge < -0.3 is 39.2 Å². The lowest BCUT2D eigenvalue weighted by Crippen LogP contribution is -2.59. The molecule has 53 heavy (non-hydrogen) atoms. The smallest absolute Gasteiger partial charge is 0.408 e. The van der Waals surface area contributed by atoms with Crippen LogP contribution in [0.4, 0.5) is 4.79 Å². The molecule has 13 nitrogen and oxygen atoms in total. The highest BCUT2D eigenvalue weighted by Crippen LogP contribution is 2.52. The number of nitrogens with zero attached hydrogens (tertiary/aromatic N) is 2. The molecular weight excluding hydrogens is 724 g/mol. The molecule has 4 fully saturated rings. The number of carbonyl (C=O) groups is 4. The third kappa shape index (κ3) is 8.19. The monoisotopic (exact) mass is 772 g/mol. The van der Waals surface area contributed by atoms with Crippen LogP contribution in [0.3, 0.4) is 0 Å². The molecule has 0 unspecified atom stereocenters. The molecule has 1 aliphatic heterocycles. The summed E-state index contributed by atoms with van der Waals surface area (Å²) < 4.78 is 28.1. The average molecular weight is 773 g/mol. The number of ether oxygens (including phenoxy) is 5. The first-order chi connectivity index (χ1) is 25.2. The summed E-state index contributed by atoms with van der Waals surface area (Å²) in [5.74, 6) is 0.917. The fraction of sp³-hybridized carbons (Fsp3) is 0.605. The van der Waals surface area contributed by atoms with Crippen LogP contribution in [0, 0.1) is 23.2 Å². The number of aromatic nitrogens is 1. The van der Waals surface area contributed by atoms with Crippen molar-refractivity contribution in [1.82, 2.24) is 20.5 Å². The number of pyridine rings is 1. The molecule has 8 atom stereocenters. The van der Waals surface area contributed by atoms with Crippen molar-refractivity contribution in [3.63, 3.8) is 0 Å². The molecule has 0 radical (unpaired) electrons. The lowest BCUT2D eigenvalue weighted by Gasteiger charge is -2.35. The number of benzene rings is 1. The van der Waals surface area contributed by atoms with Gasteiger partial charge in [-0.1, -0.05) is 45.4 Å². The SMILES string of the molecule is C=C[C@@H]1C[C@]1(NC(=O)[C@@H]1C[C@@H](Oc2cc(SCC)nc3c(Cl)c(OCOC)ccc23)CN1C(=O)[C@@H](NC(=O)O[C@@H]1C[C@@H]2C[C@@H]2C1)C(C)(C)C)C(=O)OC. The number of methoxy groups -OCH3 is 2. The van der Waals surface area contributed by atoms with E-state index < -0.39 is 53.0 Å². The molecule has 0 bridgehead atoms. The standard InChI is InChI=1S/C38H49ClN4O9S/c1-8-22-17-38(22,35(46)49-7)42-33(44)26-15-24(51-28-16-29(53-9-2)40-31-25(28)10-11-27(30(31)39)50-19-48-6)18-43(26)34(45)32(37(3,4)5)41-36(47)52-23-13-20-12-21(20)14-23/h8,10-11,16,20-24,26,32H,1,9,12-15,17-19H2,2-7H3,(H,41,47)(H,42,44)/t20-,21+,22-,23+,24-,26+,32-,38-/m1/s1. The van der Waals surface area contributed by atoms with Gasteiger partial charge in [-0.15, -0.1) is 18.3 Å². The molecule has 2 heterocycles. The highest BCUT2D eigenvalue weighted by Gasteiger charge is 2.62. The van der Waals surface area contributed by atoms with Crippen LogP contribution in [0.2, 0.25) is 5.02 Å². The van der Waals surface area contributed by atoms with Crippen LogP contribution in [-0.4, -0.2) is 96.9 Å². The number of thioether (sulfide) groups is 1. The summed E-state index contributed by atoms with van der Waals surface area (Å²) in [5, 5.41) is 7.29. The fourth-order valence-corrected chi connectivity index (χ4v) is 8.56. The predicted molar refractivity (Wildman–Crippen MR) is 199 cm³/mol. The normalized spacial score (nSPS) is 27.7. The fourth-order valence-electron chi connectivity index (χ4n) is 7.65. The molecule has 1 aromatic carbocycles. The average Bonchev–Trinajstić information content (AvgIpc) is 3.92. The predicted octanol–water partition coefficient (Wildman–Crippen LogP) is 5.50. The Kier molecular flexibility index (Phi) is 11.4. The topological polar surface area (TPSA) is 155 Å². The van der Waals surface area contributed by atoms with Gasteiger partial charge in [0, 0.05) is 30.9 Å². The molecule has 6 rings (SSSR count). The van der Waals surface area contributed by atoms with Crippen LogP contribution in [0.15, 0.2) is 35.9 Å². The Morgan fingerprint density at radius 1 is 1.11 bits per heavy atom. The Morgan fingerprint density at radius 3 is 2.47 bits per heavy atom. The number of hydrogen-bond donors (Lipinski definition) is 2. The van der Waals surface area contributed by atoms with Gasteiger partial charge in [0.15, 0.2) is 6.79 Å². The second-order valence-corrected chi connectivity index (χ2v) is 17.1. The first-order valence-electron chi connectivity index (χ1n) is 18.1. The maximum Gasteiger partial charge on any atom is 0.408 e. The third-order valence-electron chi connectivity index (χ3n) is 10.6. The van der Waals surface area contributed by atoms with Gasteiger partial charge in [0.25, 0.3) is 0 Å². The number of amides is 3. The molecule has 288 valence electrons. The minimum atomic E-state index is -1.28. The zero-order chi connectivity index (χ0) is 38.2. The van der Waals surface area contributed by atoms with Crippen molar-refractivity contribution in [3.8, 4) is 11.5 Å². The van der Waals surface area contributed by atoms with Crippen molar-refractivity contribution in [1.29, 1.82) is 0 Å².